The Hall–Kier alpha value is -1.13. The third-order valence-electron chi connectivity index (χ3n) is 3.41. The molecule has 18 heavy (non-hydrogen) atoms. The van der Waals surface area contributed by atoms with Crippen LogP contribution < -0.4 is 0 Å². The van der Waals surface area contributed by atoms with E-state index >= 15 is 0 Å². The van der Waals surface area contributed by atoms with Gasteiger partial charge in [-0.2, -0.15) is 0 Å². The molecule has 2 heterocycles. The molecule has 0 saturated heterocycles. The molecule has 0 saturated carbocycles. The van der Waals surface area contributed by atoms with Crippen LogP contribution in [0.15, 0.2) is 24.3 Å². The highest BCUT2D eigenvalue weighted by Gasteiger charge is 2.14. The van der Waals surface area contributed by atoms with Crippen LogP contribution in [0.3, 0.4) is 0 Å². The zero-order valence-electron chi connectivity index (χ0n) is 10.6. The molecular formula is C14H16N2S2. The molecule has 0 aliphatic heterocycles. The zero-order chi connectivity index (χ0) is 12.7. The predicted molar refractivity (Wildman–Crippen MR) is 81.2 cm³/mol. The van der Waals surface area contributed by atoms with Crippen molar-refractivity contribution in [2.75, 3.05) is 0 Å². The van der Waals surface area contributed by atoms with Gasteiger partial charge in [-0.25, -0.2) is 0 Å². The topological polar surface area (TPSA) is 9.34 Å². The number of para-hydroxylation sites is 2. The van der Waals surface area contributed by atoms with Crippen LogP contribution in [-0.2, 0) is 13.5 Å². The molecule has 3 rings (SSSR count). The van der Waals surface area contributed by atoms with E-state index < -0.39 is 0 Å². The molecule has 3 aromatic rings. The minimum absolute atomic E-state index is 0.966. The highest BCUT2D eigenvalue weighted by molar-refractivity contribution is 7.73. The number of thiazole rings is 1. The molecule has 2 aromatic heterocycles. The second kappa shape index (κ2) is 4.52. The minimum atomic E-state index is 0.966. The van der Waals surface area contributed by atoms with Crippen molar-refractivity contribution < 1.29 is 0 Å². The average molecular weight is 276 g/mol. The van der Waals surface area contributed by atoms with Crippen LogP contribution in [0.1, 0.15) is 24.6 Å². The van der Waals surface area contributed by atoms with Crippen LogP contribution in [0.2, 0.25) is 0 Å². The fourth-order valence-electron chi connectivity index (χ4n) is 2.51. The number of hydrogen-bond donors (Lipinski definition) is 0. The molecule has 2 nitrogen and oxygen atoms in total. The van der Waals surface area contributed by atoms with Crippen molar-refractivity contribution in [2.45, 2.75) is 26.2 Å². The summed E-state index contributed by atoms with van der Waals surface area (Å²) in [6.45, 7) is 2.23. The van der Waals surface area contributed by atoms with E-state index in [-0.39, 0.29) is 0 Å². The predicted octanol–water partition coefficient (Wildman–Crippen LogP) is 4.56. The van der Waals surface area contributed by atoms with Gasteiger partial charge in [-0.1, -0.05) is 25.5 Å². The number of rotatable bonds is 3. The number of unbranched alkanes of at least 4 members (excludes halogenated alkanes) is 1. The monoisotopic (exact) mass is 276 g/mol. The number of imidazole rings is 1. The SMILES string of the molecule is CCCCc1sc(=S)n2c3ccccc3n(C)c12. The smallest absolute Gasteiger partial charge is 0.167 e. The van der Waals surface area contributed by atoms with E-state index in [2.05, 4.69) is 47.2 Å². The number of aryl methyl sites for hydroxylation is 2. The fraction of sp³-hybridized carbons (Fsp3) is 0.357. The summed E-state index contributed by atoms with van der Waals surface area (Å²) in [6.07, 6.45) is 3.58. The first-order valence-corrected chi connectivity index (χ1v) is 7.54. The van der Waals surface area contributed by atoms with E-state index in [1.807, 2.05) is 0 Å². The molecule has 0 amide bonds. The molecule has 0 aliphatic carbocycles. The molecule has 0 N–H and O–H groups in total. The van der Waals surface area contributed by atoms with Crippen molar-refractivity contribution in [3.63, 3.8) is 0 Å². The quantitative estimate of drug-likeness (QED) is 0.637. The average Bonchev–Trinajstić information content (AvgIpc) is 2.86. The Bertz CT molecular complexity index is 761. The summed E-state index contributed by atoms with van der Waals surface area (Å²) in [5.74, 6) is 0. The first-order valence-electron chi connectivity index (χ1n) is 6.32. The largest absolute Gasteiger partial charge is 0.328 e. The van der Waals surface area contributed by atoms with Crippen molar-refractivity contribution in [1.29, 1.82) is 0 Å². The van der Waals surface area contributed by atoms with E-state index in [4.69, 9.17) is 12.2 Å². The lowest BCUT2D eigenvalue weighted by Crippen LogP contribution is -1.91. The van der Waals surface area contributed by atoms with Gasteiger partial charge in [0.1, 0.15) is 5.65 Å². The van der Waals surface area contributed by atoms with Crippen molar-refractivity contribution in [2.24, 2.45) is 7.05 Å². The Morgan fingerprint density at radius 3 is 2.67 bits per heavy atom. The molecule has 1 aromatic carbocycles. The lowest BCUT2D eigenvalue weighted by molar-refractivity contribution is 0.801. The van der Waals surface area contributed by atoms with Gasteiger partial charge in [0, 0.05) is 11.9 Å². The standard InChI is InChI=1S/C14H16N2S2/c1-3-4-9-12-13-15(2)10-7-5-6-8-11(10)16(13)14(17)18-12/h5-8H,3-4,9H2,1-2H3. The molecule has 0 spiro atoms. The van der Waals surface area contributed by atoms with Gasteiger partial charge in [-0.15, -0.1) is 11.3 Å². The summed E-state index contributed by atoms with van der Waals surface area (Å²) in [5.41, 5.74) is 3.75. The number of aromatic nitrogens is 2. The van der Waals surface area contributed by atoms with Gasteiger partial charge in [0.25, 0.3) is 0 Å². The van der Waals surface area contributed by atoms with Crippen molar-refractivity contribution >= 4 is 40.2 Å². The van der Waals surface area contributed by atoms with Crippen LogP contribution >= 0.6 is 23.6 Å². The minimum Gasteiger partial charge on any atom is -0.328 e. The molecule has 0 radical (unpaired) electrons. The maximum atomic E-state index is 5.53. The summed E-state index contributed by atoms with van der Waals surface area (Å²) in [7, 11) is 2.13. The molecule has 0 unspecified atom stereocenters. The number of hydrogen-bond acceptors (Lipinski definition) is 2. The van der Waals surface area contributed by atoms with E-state index in [1.165, 1.54) is 34.4 Å². The van der Waals surface area contributed by atoms with Crippen LogP contribution in [0, 0.1) is 3.95 Å². The lowest BCUT2D eigenvalue weighted by atomic mass is 10.2. The lowest BCUT2D eigenvalue weighted by Gasteiger charge is -1.99. The summed E-state index contributed by atoms with van der Waals surface area (Å²) >= 11 is 7.29. The Labute approximate surface area is 115 Å². The second-order valence-corrected chi connectivity index (χ2v) is 6.33. The van der Waals surface area contributed by atoms with Gasteiger partial charge in [-0.05, 0) is 37.2 Å². The first-order chi connectivity index (χ1) is 8.74. The van der Waals surface area contributed by atoms with Gasteiger partial charge in [0.05, 0.1) is 11.0 Å². The third-order valence-corrected chi connectivity index (χ3v) is 4.84. The summed E-state index contributed by atoms with van der Waals surface area (Å²) in [5, 5.41) is 0. The van der Waals surface area contributed by atoms with Gasteiger partial charge in [0.15, 0.2) is 3.95 Å². The number of benzene rings is 1. The van der Waals surface area contributed by atoms with Crippen LogP contribution in [-0.4, -0.2) is 8.97 Å². The molecule has 0 bridgehead atoms. The Kier molecular flexibility index (Phi) is 2.99. The van der Waals surface area contributed by atoms with Crippen molar-refractivity contribution in [1.82, 2.24) is 8.97 Å². The van der Waals surface area contributed by atoms with E-state index in [1.54, 1.807) is 11.3 Å². The normalized spacial score (nSPS) is 11.7. The molecule has 0 atom stereocenters. The van der Waals surface area contributed by atoms with Crippen LogP contribution in [0.25, 0.3) is 16.7 Å². The Morgan fingerprint density at radius 1 is 1.22 bits per heavy atom. The Morgan fingerprint density at radius 2 is 1.94 bits per heavy atom. The molecule has 4 heteroatoms. The number of fused-ring (bicyclic) bond motifs is 3. The van der Waals surface area contributed by atoms with Crippen molar-refractivity contribution in [3.8, 4) is 0 Å². The van der Waals surface area contributed by atoms with Crippen LogP contribution in [0.4, 0.5) is 0 Å². The van der Waals surface area contributed by atoms with Gasteiger partial charge in [0.2, 0.25) is 0 Å². The maximum absolute atomic E-state index is 5.53. The summed E-state index contributed by atoms with van der Waals surface area (Å²) in [4.78, 5) is 1.42. The molecule has 0 fully saturated rings. The zero-order valence-corrected chi connectivity index (χ0v) is 12.3. The van der Waals surface area contributed by atoms with Gasteiger partial charge >= 0.3 is 0 Å². The number of nitrogens with zero attached hydrogens (tertiary/aromatic N) is 2. The van der Waals surface area contributed by atoms with E-state index in [0.29, 0.717) is 0 Å². The van der Waals surface area contributed by atoms with Crippen molar-refractivity contribution in [3.05, 3.63) is 33.1 Å². The van der Waals surface area contributed by atoms with Gasteiger partial charge in [-0.3, -0.25) is 4.40 Å². The summed E-state index contributed by atoms with van der Waals surface area (Å²) in [6, 6.07) is 8.47. The first kappa shape index (κ1) is 11.9. The molecule has 0 aliphatic rings. The highest BCUT2D eigenvalue weighted by atomic mass is 32.1. The fourth-order valence-corrected chi connectivity index (χ4v) is 4.05. The van der Waals surface area contributed by atoms with E-state index in [9.17, 15) is 0 Å². The summed E-state index contributed by atoms with van der Waals surface area (Å²) < 4.78 is 5.46. The third kappa shape index (κ3) is 1.63. The Balaban J connectivity index is 2.38. The molecule has 94 valence electrons. The maximum Gasteiger partial charge on any atom is 0.167 e. The highest BCUT2D eigenvalue weighted by Crippen LogP contribution is 2.28. The second-order valence-electron chi connectivity index (χ2n) is 4.60. The molecular weight excluding hydrogens is 260 g/mol. The van der Waals surface area contributed by atoms with E-state index in [0.717, 1.165) is 10.4 Å². The van der Waals surface area contributed by atoms with Gasteiger partial charge < -0.3 is 4.57 Å². The van der Waals surface area contributed by atoms with Crippen LogP contribution in [0.5, 0.6) is 0 Å².